The molecule has 5 heteroatoms. The fraction of sp³-hybridized carbons (Fsp3) is 0.348. The molecule has 1 N–H and O–H groups in total. The predicted molar refractivity (Wildman–Crippen MR) is 115 cm³/mol. The van der Waals surface area contributed by atoms with Crippen LogP contribution in [-0.2, 0) is 14.9 Å². The van der Waals surface area contributed by atoms with Crippen LogP contribution in [-0.4, -0.2) is 39.0 Å². The molecule has 148 valence electrons. The second-order valence-corrected chi connectivity index (χ2v) is 7.80. The topological polar surface area (TPSA) is 47.6 Å². The van der Waals surface area contributed by atoms with E-state index in [2.05, 4.69) is 23.5 Å². The van der Waals surface area contributed by atoms with Gasteiger partial charge in [0.1, 0.15) is 5.75 Å². The van der Waals surface area contributed by atoms with Gasteiger partial charge in [0.05, 0.1) is 7.11 Å². The summed E-state index contributed by atoms with van der Waals surface area (Å²) in [7, 11) is 1.69. The molecular formula is C23H27NO3S. The Labute approximate surface area is 171 Å². The molecule has 0 aliphatic carbocycles. The van der Waals surface area contributed by atoms with E-state index >= 15 is 0 Å². The summed E-state index contributed by atoms with van der Waals surface area (Å²) in [6.45, 7) is 1.93. The maximum atomic E-state index is 12.4. The molecule has 0 spiro atoms. The lowest BCUT2D eigenvalue weighted by molar-refractivity contribution is -0.116. The highest BCUT2D eigenvalue weighted by Gasteiger charge is 2.36. The summed E-state index contributed by atoms with van der Waals surface area (Å²) in [5.41, 5.74) is 1.98. The van der Waals surface area contributed by atoms with E-state index in [-0.39, 0.29) is 11.3 Å². The van der Waals surface area contributed by atoms with Gasteiger partial charge in [0, 0.05) is 41.7 Å². The van der Waals surface area contributed by atoms with Crippen LogP contribution >= 0.6 is 11.8 Å². The second kappa shape index (κ2) is 9.80. The standard InChI is InChI=1S/C23H27NO3S/c1-26-21-6-4-3-5-20(21)23(13-15-27-16-14-23)17-24-22(25)12-9-18-7-10-19(28-2)11-8-18/h3-12H,13-17H2,1-2H3,(H,24,25). The van der Waals surface area contributed by atoms with Crippen LogP contribution in [0.25, 0.3) is 6.08 Å². The number of carbonyl (C=O) groups excluding carboxylic acids is 1. The second-order valence-electron chi connectivity index (χ2n) is 6.92. The Hall–Kier alpha value is -2.24. The number of amides is 1. The third-order valence-electron chi connectivity index (χ3n) is 5.27. The van der Waals surface area contributed by atoms with Crippen LogP contribution in [0.2, 0.25) is 0 Å². The molecular weight excluding hydrogens is 370 g/mol. The van der Waals surface area contributed by atoms with Crippen LogP contribution in [0.3, 0.4) is 0 Å². The molecule has 0 unspecified atom stereocenters. The number of nitrogens with one attached hydrogen (secondary N) is 1. The van der Waals surface area contributed by atoms with Gasteiger partial charge in [0.2, 0.25) is 5.91 Å². The van der Waals surface area contributed by atoms with Crippen LogP contribution in [0.5, 0.6) is 5.75 Å². The van der Waals surface area contributed by atoms with Gasteiger partial charge in [-0.05, 0) is 48.9 Å². The first-order valence-electron chi connectivity index (χ1n) is 9.48. The maximum Gasteiger partial charge on any atom is 0.244 e. The molecule has 0 atom stereocenters. The van der Waals surface area contributed by atoms with E-state index in [1.807, 2.05) is 42.7 Å². The van der Waals surface area contributed by atoms with Crippen molar-refractivity contribution in [2.24, 2.45) is 0 Å². The molecule has 1 aliphatic heterocycles. The molecule has 1 fully saturated rings. The first-order chi connectivity index (χ1) is 13.7. The van der Waals surface area contributed by atoms with E-state index in [0.29, 0.717) is 19.8 Å². The fourth-order valence-corrected chi connectivity index (χ4v) is 4.00. The molecule has 3 rings (SSSR count). The van der Waals surface area contributed by atoms with Gasteiger partial charge in [0.25, 0.3) is 0 Å². The van der Waals surface area contributed by atoms with E-state index in [1.54, 1.807) is 24.9 Å². The number of hydrogen-bond acceptors (Lipinski definition) is 4. The normalized spacial score (nSPS) is 16.1. The first-order valence-corrected chi connectivity index (χ1v) is 10.7. The van der Waals surface area contributed by atoms with Gasteiger partial charge in [-0.2, -0.15) is 0 Å². The van der Waals surface area contributed by atoms with Crippen LogP contribution in [0.4, 0.5) is 0 Å². The van der Waals surface area contributed by atoms with Crippen molar-refractivity contribution in [1.82, 2.24) is 5.32 Å². The van der Waals surface area contributed by atoms with Gasteiger partial charge < -0.3 is 14.8 Å². The first kappa shape index (κ1) is 20.5. The predicted octanol–water partition coefficient (Wildman–Crippen LogP) is 4.29. The zero-order valence-corrected chi connectivity index (χ0v) is 17.3. The molecule has 1 aliphatic rings. The number of para-hydroxylation sites is 1. The van der Waals surface area contributed by atoms with Crippen molar-refractivity contribution in [2.45, 2.75) is 23.2 Å². The van der Waals surface area contributed by atoms with Crippen molar-refractivity contribution in [3.63, 3.8) is 0 Å². The number of carbonyl (C=O) groups is 1. The van der Waals surface area contributed by atoms with Crippen LogP contribution in [0.1, 0.15) is 24.0 Å². The zero-order chi connectivity index (χ0) is 19.8. The molecule has 0 saturated carbocycles. The third-order valence-corrected chi connectivity index (χ3v) is 6.02. The summed E-state index contributed by atoms with van der Waals surface area (Å²) in [6, 6.07) is 16.2. The molecule has 2 aromatic rings. The van der Waals surface area contributed by atoms with E-state index in [4.69, 9.17) is 9.47 Å². The number of benzene rings is 2. The van der Waals surface area contributed by atoms with Gasteiger partial charge in [-0.25, -0.2) is 0 Å². The van der Waals surface area contributed by atoms with Crippen molar-refractivity contribution >= 4 is 23.7 Å². The van der Waals surface area contributed by atoms with E-state index in [1.165, 1.54) is 4.90 Å². The smallest absolute Gasteiger partial charge is 0.244 e. The number of thioether (sulfide) groups is 1. The highest BCUT2D eigenvalue weighted by atomic mass is 32.2. The maximum absolute atomic E-state index is 12.4. The highest BCUT2D eigenvalue weighted by molar-refractivity contribution is 7.98. The average molecular weight is 398 g/mol. The Bertz CT molecular complexity index is 811. The van der Waals surface area contributed by atoms with Crippen LogP contribution < -0.4 is 10.1 Å². The van der Waals surface area contributed by atoms with Crippen LogP contribution in [0.15, 0.2) is 59.5 Å². The minimum Gasteiger partial charge on any atom is -0.496 e. The lowest BCUT2D eigenvalue weighted by Gasteiger charge is -2.38. The van der Waals surface area contributed by atoms with Gasteiger partial charge in [-0.1, -0.05) is 30.3 Å². The monoisotopic (exact) mass is 397 g/mol. The molecule has 0 radical (unpaired) electrons. The van der Waals surface area contributed by atoms with Crippen molar-refractivity contribution in [3.05, 3.63) is 65.7 Å². The quantitative estimate of drug-likeness (QED) is 0.559. The molecule has 1 heterocycles. The summed E-state index contributed by atoms with van der Waals surface area (Å²) < 4.78 is 11.2. The van der Waals surface area contributed by atoms with Crippen LogP contribution in [0, 0.1) is 0 Å². The minimum atomic E-state index is -0.172. The summed E-state index contributed by atoms with van der Waals surface area (Å²) >= 11 is 1.70. The number of rotatable bonds is 7. The van der Waals surface area contributed by atoms with Gasteiger partial charge >= 0.3 is 0 Å². The summed E-state index contributed by atoms with van der Waals surface area (Å²) in [6.07, 6.45) is 7.20. The number of ether oxygens (including phenoxy) is 2. The molecule has 0 bridgehead atoms. The SMILES string of the molecule is COc1ccccc1C1(CNC(=O)C=Cc2ccc(SC)cc2)CCOCC1. The van der Waals surface area contributed by atoms with E-state index in [9.17, 15) is 4.79 Å². The molecule has 4 nitrogen and oxygen atoms in total. The van der Waals surface area contributed by atoms with Gasteiger partial charge in [-0.15, -0.1) is 11.8 Å². The Morgan fingerprint density at radius 3 is 2.57 bits per heavy atom. The van der Waals surface area contributed by atoms with Gasteiger partial charge in [-0.3, -0.25) is 4.79 Å². The summed E-state index contributed by atoms with van der Waals surface area (Å²) in [4.78, 5) is 13.7. The lowest BCUT2D eigenvalue weighted by Crippen LogP contribution is -2.44. The van der Waals surface area contributed by atoms with E-state index in [0.717, 1.165) is 29.7 Å². The van der Waals surface area contributed by atoms with Crippen molar-refractivity contribution in [3.8, 4) is 5.75 Å². The van der Waals surface area contributed by atoms with Crippen molar-refractivity contribution in [2.75, 3.05) is 33.1 Å². The fourth-order valence-electron chi connectivity index (χ4n) is 3.59. The molecule has 1 amide bonds. The molecule has 28 heavy (non-hydrogen) atoms. The number of hydrogen-bond donors (Lipinski definition) is 1. The molecule has 0 aromatic heterocycles. The lowest BCUT2D eigenvalue weighted by atomic mass is 9.73. The Balaban J connectivity index is 1.69. The Morgan fingerprint density at radius 2 is 1.89 bits per heavy atom. The summed E-state index contributed by atoms with van der Waals surface area (Å²) in [5.74, 6) is 0.776. The Morgan fingerprint density at radius 1 is 1.18 bits per heavy atom. The van der Waals surface area contributed by atoms with Crippen molar-refractivity contribution < 1.29 is 14.3 Å². The molecule has 1 saturated heterocycles. The van der Waals surface area contributed by atoms with E-state index < -0.39 is 0 Å². The zero-order valence-electron chi connectivity index (χ0n) is 16.4. The average Bonchev–Trinajstić information content (AvgIpc) is 2.77. The number of methoxy groups -OCH3 is 1. The van der Waals surface area contributed by atoms with Crippen molar-refractivity contribution in [1.29, 1.82) is 0 Å². The summed E-state index contributed by atoms with van der Waals surface area (Å²) in [5, 5.41) is 3.09. The largest absolute Gasteiger partial charge is 0.496 e. The van der Waals surface area contributed by atoms with Gasteiger partial charge in [0.15, 0.2) is 0 Å². The third kappa shape index (κ3) is 4.97. The minimum absolute atomic E-state index is 0.0882. The molecule has 2 aromatic carbocycles. The highest BCUT2D eigenvalue weighted by Crippen LogP contribution is 2.39. The Kier molecular flexibility index (Phi) is 7.18.